The van der Waals surface area contributed by atoms with E-state index >= 15 is 0 Å². The summed E-state index contributed by atoms with van der Waals surface area (Å²) in [6.07, 6.45) is 1.78. The largest absolute Gasteiger partial charge is 0.506 e. The van der Waals surface area contributed by atoms with E-state index in [1.54, 1.807) is 6.07 Å². The molecule has 1 unspecified atom stereocenters. The lowest BCUT2D eigenvalue weighted by Gasteiger charge is -2.31. The highest BCUT2D eigenvalue weighted by molar-refractivity contribution is 5.96. The standard InChI is InChI=1S/C30H43FN2O4/c1-8-25(28(36)32-21-14-15-23(24(34)19-21)33-27(35)12-11-17-31)37-26-16-13-20(29(4,5)9-2)18-22(26)30(6,7)10-3/h13-16,18-19,25,34H,8-12,17H2,1-7H3,(H,32,36)(H,33,35). The number of hydrogen-bond donors (Lipinski definition) is 3. The predicted molar refractivity (Wildman–Crippen MR) is 148 cm³/mol. The first kappa shape index (κ1) is 30.1. The normalized spacial score (nSPS) is 12.6. The molecule has 0 aliphatic carbocycles. The number of phenols is 1. The van der Waals surface area contributed by atoms with Gasteiger partial charge in [0.15, 0.2) is 6.10 Å². The van der Waals surface area contributed by atoms with Gasteiger partial charge in [-0.25, -0.2) is 0 Å². The van der Waals surface area contributed by atoms with Crippen LogP contribution in [-0.2, 0) is 20.4 Å². The first-order chi connectivity index (χ1) is 17.4. The lowest BCUT2D eigenvalue weighted by atomic mass is 9.76. The van der Waals surface area contributed by atoms with E-state index in [2.05, 4.69) is 64.3 Å². The molecule has 0 spiro atoms. The third-order valence-electron chi connectivity index (χ3n) is 7.27. The smallest absolute Gasteiger partial charge is 0.265 e. The Morgan fingerprint density at radius 2 is 1.65 bits per heavy atom. The molecule has 2 aromatic carbocycles. The highest BCUT2D eigenvalue weighted by Gasteiger charge is 2.29. The van der Waals surface area contributed by atoms with Gasteiger partial charge in [-0.2, -0.15) is 0 Å². The van der Waals surface area contributed by atoms with Gasteiger partial charge in [0.25, 0.3) is 5.91 Å². The second-order valence-electron chi connectivity index (χ2n) is 10.8. The summed E-state index contributed by atoms with van der Waals surface area (Å²) in [6.45, 7) is 14.4. The van der Waals surface area contributed by atoms with Crippen molar-refractivity contribution in [3.63, 3.8) is 0 Å². The van der Waals surface area contributed by atoms with Gasteiger partial charge in [-0.05, 0) is 60.3 Å². The molecule has 2 amide bonds. The summed E-state index contributed by atoms with van der Waals surface area (Å²) in [5, 5.41) is 15.6. The van der Waals surface area contributed by atoms with Crippen molar-refractivity contribution < 1.29 is 23.8 Å². The average molecular weight is 515 g/mol. The van der Waals surface area contributed by atoms with Crippen molar-refractivity contribution in [2.45, 2.75) is 97.5 Å². The zero-order valence-corrected chi connectivity index (χ0v) is 23.3. The maximum absolute atomic E-state index is 13.1. The minimum absolute atomic E-state index is 0.0255. The van der Waals surface area contributed by atoms with Gasteiger partial charge >= 0.3 is 0 Å². The van der Waals surface area contributed by atoms with E-state index in [4.69, 9.17) is 4.74 Å². The van der Waals surface area contributed by atoms with Crippen LogP contribution < -0.4 is 15.4 Å². The van der Waals surface area contributed by atoms with Crippen molar-refractivity contribution in [3.8, 4) is 11.5 Å². The highest BCUT2D eigenvalue weighted by Crippen LogP contribution is 2.39. The third-order valence-corrected chi connectivity index (χ3v) is 7.27. The van der Waals surface area contributed by atoms with Gasteiger partial charge in [0, 0.05) is 23.7 Å². The number of anilines is 2. The van der Waals surface area contributed by atoms with Crippen LogP contribution in [0, 0.1) is 0 Å². The maximum Gasteiger partial charge on any atom is 0.265 e. The summed E-state index contributed by atoms with van der Waals surface area (Å²) < 4.78 is 18.6. The number of nitrogens with one attached hydrogen (secondary N) is 2. The summed E-state index contributed by atoms with van der Waals surface area (Å²) in [7, 11) is 0. The molecule has 2 aromatic rings. The van der Waals surface area contributed by atoms with Crippen LogP contribution in [0.15, 0.2) is 36.4 Å². The van der Waals surface area contributed by atoms with Crippen LogP contribution in [0.5, 0.6) is 11.5 Å². The van der Waals surface area contributed by atoms with Crippen LogP contribution in [0.4, 0.5) is 15.8 Å². The SMILES string of the molecule is CCC(Oc1ccc(C(C)(C)CC)cc1C(C)(C)CC)C(=O)Nc1ccc(NC(=O)CCCF)c(O)c1. The Hall–Kier alpha value is -3.09. The Labute approximate surface area is 221 Å². The lowest BCUT2D eigenvalue weighted by Crippen LogP contribution is -2.33. The molecule has 0 radical (unpaired) electrons. The van der Waals surface area contributed by atoms with Crippen LogP contribution in [-0.4, -0.2) is 29.7 Å². The molecule has 0 heterocycles. The molecule has 204 valence electrons. The van der Waals surface area contributed by atoms with Crippen LogP contribution >= 0.6 is 0 Å². The minimum atomic E-state index is -0.737. The predicted octanol–water partition coefficient (Wildman–Crippen LogP) is 7.25. The third kappa shape index (κ3) is 7.94. The van der Waals surface area contributed by atoms with Gasteiger partial charge in [0.2, 0.25) is 5.91 Å². The molecule has 7 heteroatoms. The molecule has 6 nitrogen and oxygen atoms in total. The first-order valence-corrected chi connectivity index (χ1v) is 13.2. The number of benzene rings is 2. The molecule has 0 aliphatic rings. The molecule has 0 saturated carbocycles. The summed E-state index contributed by atoms with van der Waals surface area (Å²) in [4.78, 5) is 24.9. The number of carbonyl (C=O) groups excluding carboxylic acids is 2. The van der Waals surface area contributed by atoms with Crippen LogP contribution in [0.25, 0.3) is 0 Å². The summed E-state index contributed by atoms with van der Waals surface area (Å²) in [5.41, 5.74) is 2.78. The van der Waals surface area contributed by atoms with Gasteiger partial charge in [0.1, 0.15) is 11.5 Å². The van der Waals surface area contributed by atoms with E-state index in [1.165, 1.54) is 17.7 Å². The van der Waals surface area contributed by atoms with Crippen molar-refractivity contribution in [2.24, 2.45) is 0 Å². The van der Waals surface area contributed by atoms with E-state index in [0.717, 1.165) is 18.4 Å². The molecule has 2 rings (SSSR count). The van der Waals surface area contributed by atoms with E-state index in [1.807, 2.05) is 13.0 Å². The molecular weight excluding hydrogens is 471 g/mol. The Kier molecular flexibility index (Phi) is 10.5. The average Bonchev–Trinajstić information content (AvgIpc) is 2.87. The Bertz CT molecular complexity index is 1080. The number of halogens is 1. The van der Waals surface area contributed by atoms with Crippen LogP contribution in [0.2, 0.25) is 0 Å². The van der Waals surface area contributed by atoms with Gasteiger partial charge in [0.05, 0.1) is 12.4 Å². The number of aromatic hydroxyl groups is 1. The first-order valence-electron chi connectivity index (χ1n) is 13.2. The van der Waals surface area contributed by atoms with Crippen molar-refractivity contribution >= 4 is 23.2 Å². The Morgan fingerprint density at radius 1 is 0.973 bits per heavy atom. The van der Waals surface area contributed by atoms with Crippen molar-refractivity contribution in [1.82, 2.24) is 0 Å². The number of amides is 2. The molecule has 0 saturated heterocycles. The van der Waals surface area contributed by atoms with Crippen molar-refractivity contribution in [1.29, 1.82) is 0 Å². The number of ether oxygens (including phenoxy) is 1. The van der Waals surface area contributed by atoms with Gasteiger partial charge in [-0.1, -0.05) is 60.6 Å². The fraction of sp³-hybridized carbons (Fsp3) is 0.533. The fourth-order valence-corrected chi connectivity index (χ4v) is 3.83. The maximum atomic E-state index is 13.1. The number of carbonyl (C=O) groups is 2. The summed E-state index contributed by atoms with van der Waals surface area (Å²) in [5.74, 6) is -0.219. The number of hydrogen-bond acceptors (Lipinski definition) is 4. The number of alkyl halides is 1. The molecule has 0 fully saturated rings. The van der Waals surface area contributed by atoms with E-state index in [-0.39, 0.29) is 46.9 Å². The molecule has 1 atom stereocenters. The van der Waals surface area contributed by atoms with Crippen LogP contribution in [0.1, 0.15) is 91.7 Å². The van der Waals surface area contributed by atoms with Gasteiger partial charge in [-0.3, -0.25) is 14.0 Å². The monoisotopic (exact) mass is 514 g/mol. The lowest BCUT2D eigenvalue weighted by molar-refractivity contribution is -0.123. The zero-order valence-electron chi connectivity index (χ0n) is 23.3. The fourth-order valence-electron chi connectivity index (χ4n) is 3.83. The summed E-state index contributed by atoms with van der Waals surface area (Å²) >= 11 is 0. The Balaban J connectivity index is 2.23. The summed E-state index contributed by atoms with van der Waals surface area (Å²) in [6, 6.07) is 10.7. The van der Waals surface area contributed by atoms with E-state index in [0.29, 0.717) is 17.9 Å². The van der Waals surface area contributed by atoms with Crippen LogP contribution in [0.3, 0.4) is 0 Å². The molecule has 0 aliphatic heterocycles. The second kappa shape index (κ2) is 12.9. The van der Waals surface area contributed by atoms with E-state index in [9.17, 15) is 19.1 Å². The second-order valence-corrected chi connectivity index (χ2v) is 10.8. The number of phenolic OH excluding ortho intramolecular Hbond substituents is 1. The topological polar surface area (TPSA) is 87.7 Å². The molecule has 37 heavy (non-hydrogen) atoms. The Morgan fingerprint density at radius 3 is 2.22 bits per heavy atom. The van der Waals surface area contributed by atoms with E-state index < -0.39 is 12.8 Å². The van der Waals surface area contributed by atoms with Gasteiger partial charge in [-0.15, -0.1) is 0 Å². The van der Waals surface area contributed by atoms with Gasteiger partial charge < -0.3 is 20.5 Å². The zero-order chi connectivity index (χ0) is 27.8. The number of rotatable bonds is 13. The minimum Gasteiger partial charge on any atom is -0.506 e. The molecule has 3 N–H and O–H groups in total. The molecule has 0 aromatic heterocycles. The van der Waals surface area contributed by atoms with Crippen molar-refractivity contribution in [3.05, 3.63) is 47.5 Å². The highest BCUT2D eigenvalue weighted by atomic mass is 19.1. The molecular formula is C30H43FN2O4. The molecule has 0 bridgehead atoms. The van der Waals surface area contributed by atoms with Crippen molar-refractivity contribution in [2.75, 3.05) is 17.3 Å². The quantitative estimate of drug-likeness (QED) is 0.246.